The minimum atomic E-state index is -3.11. The Hall–Kier alpha value is -4.76. The number of benzene rings is 5. The fourth-order valence-electron chi connectivity index (χ4n) is 5.71. The van der Waals surface area contributed by atoms with Crippen LogP contribution < -0.4 is 25.4 Å². The second-order valence-electron chi connectivity index (χ2n) is 9.94. The van der Waals surface area contributed by atoms with E-state index in [1.807, 2.05) is 91.0 Å². The third kappa shape index (κ3) is 3.44. The molecular weight excluding hydrogens is 513 g/mol. The van der Waals surface area contributed by atoms with Crippen molar-refractivity contribution in [3.8, 4) is 56.5 Å². The zero-order valence-corrected chi connectivity index (χ0v) is 22.3. The highest BCUT2D eigenvalue weighted by atomic mass is 31.2. The van der Waals surface area contributed by atoms with Crippen LogP contribution in [0.25, 0.3) is 33.5 Å². The number of aromatic nitrogens is 1. The molecule has 0 radical (unpaired) electrons. The van der Waals surface area contributed by atoms with Crippen LogP contribution in [0.15, 0.2) is 134 Å². The highest BCUT2D eigenvalue weighted by Crippen LogP contribution is 2.65. The van der Waals surface area contributed by atoms with Gasteiger partial charge in [0.05, 0.1) is 5.69 Å². The SMILES string of the molecule is O[P+]12c3ccc(-c4ccccc4)cc3Oc3ccc(-c4ccccn4)c(c31)Oc1cc(-c3ccccc3)ccc12. The first kappa shape index (κ1) is 23.2. The van der Waals surface area contributed by atoms with Gasteiger partial charge in [-0.25, -0.2) is 4.89 Å². The molecule has 5 aromatic carbocycles. The molecule has 0 saturated carbocycles. The summed E-state index contributed by atoms with van der Waals surface area (Å²) in [5.41, 5.74) is 5.84. The Bertz CT molecular complexity index is 1900. The molecule has 0 fully saturated rings. The van der Waals surface area contributed by atoms with E-state index in [0.29, 0.717) is 28.3 Å². The number of fused-ring (bicyclic) bond motifs is 4. The first-order valence-corrected chi connectivity index (χ1v) is 14.9. The van der Waals surface area contributed by atoms with Crippen LogP contribution in [0.4, 0.5) is 0 Å². The van der Waals surface area contributed by atoms with Gasteiger partial charge in [-0.3, -0.25) is 4.98 Å². The Morgan fingerprint density at radius 1 is 0.525 bits per heavy atom. The lowest BCUT2D eigenvalue weighted by atomic mass is 10.0. The van der Waals surface area contributed by atoms with Crippen molar-refractivity contribution < 1.29 is 14.4 Å². The summed E-state index contributed by atoms with van der Waals surface area (Å²) in [6.07, 6.45) is 1.77. The zero-order valence-electron chi connectivity index (χ0n) is 21.4. The van der Waals surface area contributed by atoms with Gasteiger partial charge in [-0.1, -0.05) is 78.9 Å². The number of rotatable bonds is 3. The molecule has 1 unspecified atom stereocenters. The summed E-state index contributed by atoms with van der Waals surface area (Å²) in [7, 11) is -3.11. The van der Waals surface area contributed by atoms with E-state index in [0.717, 1.165) is 44.1 Å². The Labute approximate surface area is 232 Å². The molecule has 0 amide bonds. The predicted octanol–water partition coefficient (Wildman–Crippen LogP) is 7.50. The van der Waals surface area contributed by atoms with Crippen molar-refractivity contribution in [3.05, 3.63) is 134 Å². The summed E-state index contributed by atoms with van der Waals surface area (Å²) in [6.45, 7) is 0. The summed E-state index contributed by atoms with van der Waals surface area (Å²) >= 11 is 0. The molecule has 8 rings (SSSR count). The highest BCUT2D eigenvalue weighted by molar-refractivity contribution is 7.91. The molecule has 0 saturated heterocycles. The summed E-state index contributed by atoms with van der Waals surface area (Å²) < 4.78 is 13.2. The van der Waals surface area contributed by atoms with Crippen LogP contribution in [0.2, 0.25) is 0 Å². The Morgan fingerprint density at radius 2 is 1.12 bits per heavy atom. The predicted molar refractivity (Wildman–Crippen MR) is 162 cm³/mol. The van der Waals surface area contributed by atoms with Gasteiger partial charge in [0.15, 0.2) is 33.6 Å². The lowest BCUT2D eigenvalue weighted by molar-refractivity contribution is 0.460. The number of pyridine rings is 1. The van der Waals surface area contributed by atoms with Crippen LogP contribution >= 0.6 is 7.49 Å². The van der Waals surface area contributed by atoms with E-state index in [1.165, 1.54) is 0 Å². The van der Waals surface area contributed by atoms with Gasteiger partial charge in [-0.15, -0.1) is 0 Å². The average Bonchev–Trinajstić information content (AvgIpc) is 3.02. The van der Waals surface area contributed by atoms with Crippen LogP contribution in [0.3, 0.4) is 0 Å². The standard InChI is InChI=1S/C35H23NO3P/c37-40-32-18-14-25(23-9-3-1-4-10-23)21-30(32)38-29-17-16-27(28-13-7-8-20-36-28)34(35(29)40)39-31-22-26(15-19-33(31)40)24-11-5-2-6-12-24/h1-22,37H/q+1. The van der Waals surface area contributed by atoms with Gasteiger partial charge < -0.3 is 9.47 Å². The maximum Gasteiger partial charge on any atom is 0.253 e. The van der Waals surface area contributed by atoms with Gasteiger partial charge >= 0.3 is 0 Å². The van der Waals surface area contributed by atoms with Gasteiger partial charge in [0.2, 0.25) is 5.30 Å². The van der Waals surface area contributed by atoms with Crippen molar-refractivity contribution in [1.29, 1.82) is 0 Å². The molecule has 2 aliphatic rings. The van der Waals surface area contributed by atoms with E-state index in [4.69, 9.17) is 9.47 Å². The van der Waals surface area contributed by atoms with E-state index in [-0.39, 0.29) is 0 Å². The molecule has 1 atom stereocenters. The van der Waals surface area contributed by atoms with Crippen molar-refractivity contribution in [2.45, 2.75) is 0 Å². The van der Waals surface area contributed by atoms with E-state index in [9.17, 15) is 4.89 Å². The van der Waals surface area contributed by atoms with Crippen molar-refractivity contribution in [1.82, 2.24) is 4.98 Å². The average molecular weight is 537 g/mol. The Kier molecular flexibility index (Phi) is 5.15. The molecule has 0 spiro atoms. The Morgan fingerprint density at radius 3 is 1.73 bits per heavy atom. The number of hydrogen-bond acceptors (Lipinski definition) is 4. The third-order valence-electron chi connectivity index (χ3n) is 7.62. The summed E-state index contributed by atoms with van der Waals surface area (Å²) in [6, 6.07) is 42.4. The topological polar surface area (TPSA) is 51.6 Å². The van der Waals surface area contributed by atoms with E-state index >= 15 is 0 Å². The lowest BCUT2D eigenvalue weighted by Gasteiger charge is -2.34. The van der Waals surface area contributed by atoms with E-state index in [2.05, 4.69) is 41.4 Å². The van der Waals surface area contributed by atoms with Crippen molar-refractivity contribution in [2.75, 3.05) is 0 Å². The largest absolute Gasteiger partial charge is 0.449 e. The monoisotopic (exact) mass is 536 g/mol. The van der Waals surface area contributed by atoms with Crippen LogP contribution in [-0.4, -0.2) is 9.88 Å². The molecule has 1 aromatic heterocycles. The molecule has 40 heavy (non-hydrogen) atoms. The smallest absolute Gasteiger partial charge is 0.253 e. The van der Waals surface area contributed by atoms with Crippen LogP contribution in [0.1, 0.15) is 0 Å². The van der Waals surface area contributed by atoms with Crippen LogP contribution in [0, 0.1) is 0 Å². The molecule has 6 aromatic rings. The summed E-state index contributed by atoms with van der Waals surface area (Å²) in [4.78, 5) is 17.6. The van der Waals surface area contributed by atoms with Crippen molar-refractivity contribution >= 4 is 23.4 Å². The fourth-order valence-corrected chi connectivity index (χ4v) is 8.79. The molecule has 4 nitrogen and oxygen atoms in total. The van der Waals surface area contributed by atoms with Crippen LogP contribution in [0.5, 0.6) is 23.0 Å². The van der Waals surface area contributed by atoms with Crippen molar-refractivity contribution in [2.24, 2.45) is 0 Å². The molecule has 0 bridgehead atoms. The lowest BCUT2D eigenvalue weighted by Crippen LogP contribution is -2.39. The second-order valence-corrected chi connectivity index (χ2v) is 12.6. The maximum absolute atomic E-state index is 13.0. The van der Waals surface area contributed by atoms with Gasteiger partial charge in [0.25, 0.3) is 7.49 Å². The van der Waals surface area contributed by atoms with Gasteiger partial charge in [0.1, 0.15) is 0 Å². The summed E-state index contributed by atoms with van der Waals surface area (Å²) in [5.74, 6) is 2.53. The molecular formula is C35H23NO3P+. The molecule has 0 aliphatic carbocycles. The third-order valence-corrected chi connectivity index (χ3v) is 10.8. The summed E-state index contributed by atoms with van der Waals surface area (Å²) in [5, 5.41) is 2.28. The molecule has 1 N–H and O–H groups in total. The molecule has 2 aliphatic heterocycles. The Balaban J connectivity index is 1.38. The molecule has 3 heterocycles. The fraction of sp³-hybridized carbons (Fsp3) is 0. The molecule has 5 heteroatoms. The first-order chi connectivity index (χ1) is 19.7. The normalized spacial score (nSPS) is 16.1. The minimum Gasteiger partial charge on any atom is -0.449 e. The number of nitrogens with zero attached hydrogens (tertiary/aromatic N) is 1. The maximum atomic E-state index is 13.0. The van der Waals surface area contributed by atoms with E-state index in [1.54, 1.807) is 6.20 Å². The number of hydrogen-bond donors (Lipinski definition) is 1. The zero-order chi connectivity index (χ0) is 26.7. The van der Waals surface area contributed by atoms with E-state index < -0.39 is 7.49 Å². The number of ether oxygens (including phenoxy) is 2. The van der Waals surface area contributed by atoms with Gasteiger partial charge in [-0.05, 0) is 70.8 Å². The van der Waals surface area contributed by atoms with Crippen molar-refractivity contribution in [3.63, 3.8) is 0 Å². The molecule has 190 valence electrons. The van der Waals surface area contributed by atoms with Gasteiger partial charge in [-0.2, -0.15) is 0 Å². The second kappa shape index (κ2) is 8.89. The highest BCUT2D eigenvalue weighted by Gasteiger charge is 2.59. The first-order valence-electron chi connectivity index (χ1n) is 13.2. The quantitative estimate of drug-likeness (QED) is 0.238. The van der Waals surface area contributed by atoms with Crippen LogP contribution in [-0.2, 0) is 0 Å². The minimum absolute atomic E-state index is 0.600. The van der Waals surface area contributed by atoms with Gasteiger partial charge in [0, 0.05) is 11.8 Å².